The van der Waals surface area contributed by atoms with Crippen LogP contribution in [-0.4, -0.2) is 21.5 Å². The molecule has 1 fully saturated rings. The Morgan fingerprint density at radius 1 is 1.33 bits per heavy atom. The number of hydrogen-bond acceptors (Lipinski definition) is 3. The van der Waals surface area contributed by atoms with Gasteiger partial charge in [-0.2, -0.15) is 0 Å². The first-order valence-electron chi connectivity index (χ1n) is 5.59. The predicted molar refractivity (Wildman–Crippen MR) is 72.6 cm³/mol. The molecule has 0 saturated heterocycles. The molecular weight excluding hydrogens is 295 g/mol. The molecule has 1 saturated carbocycles. The van der Waals surface area contributed by atoms with Gasteiger partial charge in [0.05, 0.1) is 5.02 Å². The van der Waals surface area contributed by atoms with Crippen LogP contribution in [0.25, 0.3) is 0 Å². The largest absolute Gasteiger partial charge is 0.316 e. The van der Waals surface area contributed by atoms with E-state index in [9.17, 15) is 8.42 Å². The molecule has 0 atom stereocenters. The highest BCUT2D eigenvalue weighted by Gasteiger charge is 2.30. The average molecular weight is 309 g/mol. The van der Waals surface area contributed by atoms with Crippen LogP contribution in [0, 0.1) is 0 Å². The van der Waals surface area contributed by atoms with Crippen molar-refractivity contribution in [1.82, 2.24) is 10.0 Å². The lowest BCUT2D eigenvalue weighted by molar-refractivity contribution is 0.581. The molecule has 7 heteroatoms. The number of benzene rings is 1. The molecule has 18 heavy (non-hydrogen) atoms. The molecule has 0 amide bonds. The van der Waals surface area contributed by atoms with Crippen molar-refractivity contribution in [2.75, 3.05) is 7.05 Å². The Kier molecular flexibility index (Phi) is 4.18. The molecule has 1 aliphatic carbocycles. The highest BCUT2D eigenvalue weighted by atomic mass is 35.5. The summed E-state index contributed by atoms with van der Waals surface area (Å²) in [4.78, 5) is 0.0498. The second-order valence-electron chi connectivity index (χ2n) is 4.30. The molecule has 0 spiro atoms. The normalized spacial score (nSPS) is 15.9. The fourth-order valence-corrected chi connectivity index (χ4v) is 3.85. The van der Waals surface area contributed by atoms with E-state index in [2.05, 4.69) is 10.0 Å². The first-order chi connectivity index (χ1) is 8.44. The van der Waals surface area contributed by atoms with Crippen LogP contribution in [0.2, 0.25) is 10.0 Å². The van der Waals surface area contributed by atoms with Crippen LogP contribution < -0.4 is 10.0 Å². The number of rotatable bonds is 5. The molecule has 0 unspecified atom stereocenters. The van der Waals surface area contributed by atoms with Crippen molar-refractivity contribution < 1.29 is 8.42 Å². The lowest BCUT2D eigenvalue weighted by Gasteiger charge is -2.11. The third-order valence-corrected chi connectivity index (χ3v) is 4.96. The number of nitrogens with one attached hydrogen (secondary N) is 2. The van der Waals surface area contributed by atoms with Gasteiger partial charge in [-0.25, -0.2) is 13.1 Å². The van der Waals surface area contributed by atoms with Crippen molar-refractivity contribution in [1.29, 1.82) is 0 Å². The smallest absolute Gasteiger partial charge is 0.242 e. The lowest BCUT2D eigenvalue weighted by Crippen LogP contribution is -2.26. The molecule has 1 aromatic rings. The van der Waals surface area contributed by atoms with E-state index in [1.807, 2.05) is 0 Å². The van der Waals surface area contributed by atoms with E-state index in [0.29, 0.717) is 17.1 Å². The van der Waals surface area contributed by atoms with Gasteiger partial charge in [0, 0.05) is 17.6 Å². The summed E-state index contributed by atoms with van der Waals surface area (Å²) in [5, 5.41) is 3.51. The monoisotopic (exact) mass is 308 g/mol. The summed E-state index contributed by atoms with van der Waals surface area (Å²) in [6.45, 7) is 0.464. The number of sulfonamides is 1. The third-order valence-electron chi connectivity index (χ3n) is 2.64. The summed E-state index contributed by atoms with van der Waals surface area (Å²) in [6, 6.07) is 3.09. The standard InChI is InChI=1S/C11H14Cl2N2O2S/c1-14-6-7-4-8(12)5-10(11(7)13)18(16,17)15-9-2-3-9/h4-5,9,14-15H,2-3,6H2,1H3. The van der Waals surface area contributed by atoms with Crippen molar-refractivity contribution in [2.45, 2.75) is 30.3 Å². The zero-order valence-electron chi connectivity index (χ0n) is 9.83. The summed E-state index contributed by atoms with van der Waals surface area (Å²) >= 11 is 12.1. The van der Waals surface area contributed by atoms with E-state index in [1.165, 1.54) is 6.07 Å². The topological polar surface area (TPSA) is 58.2 Å². The fourth-order valence-electron chi connectivity index (χ4n) is 1.62. The average Bonchev–Trinajstić information content (AvgIpc) is 3.06. The molecule has 0 heterocycles. The molecule has 100 valence electrons. The number of hydrogen-bond donors (Lipinski definition) is 2. The van der Waals surface area contributed by atoms with Crippen molar-refractivity contribution in [3.05, 3.63) is 27.7 Å². The quantitative estimate of drug-likeness (QED) is 0.876. The van der Waals surface area contributed by atoms with Crippen molar-refractivity contribution >= 4 is 33.2 Å². The third kappa shape index (κ3) is 3.16. The van der Waals surface area contributed by atoms with Crippen LogP contribution in [0.5, 0.6) is 0 Å². The minimum atomic E-state index is -3.59. The van der Waals surface area contributed by atoms with Crippen molar-refractivity contribution in [3.8, 4) is 0 Å². The maximum atomic E-state index is 12.1. The SMILES string of the molecule is CNCc1cc(Cl)cc(S(=O)(=O)NC2CC2)c1Cl. The Balaban J connectivity index is 2.42. The van der Waals surface area contributed by atoms with E-state index in [0.717, 1.165) is 12.8 Å². The zero-order valence-corrected chi connectivity index (χ0v) is 12.2. The second kappa shape index (κ2) is 5.35. The van der Waals surface area contributed by atoms with Crippen LogP contribution >= 0.6 is 23.2 Å². The summed E-state index contributed by atoms with van der Waals surface area (Å²) in [6.07, 6.45) is 1.75. The lowest BCUT2D eigenvalue weighted by atomic mass is 10.2. The first-order valence-corrected chi connectivity index (χ1v) is 7.83. The van der Waals surface area contributed by atoms with Gasteiger partial charge >= 0.3 is 0 Å². The van der Waals surface area contributed by atoms with Crippen LogP contribution in [0.1, 0.15) is 18.4 Å². The Hall–Kier alpha value is -0.330. The van der Waals surface area contributed by atoms with E-state index < -0.39 is 10.0 Å². The highest BCUT2D eigenvalue weighted by molar-refractivity contribution is 7.89. The van der Waals surface area contributed by atoms with E-state index in [1.54, 1.807) is 13.1 Å². The van der Waals surface area contributed by atoms with Crippen molar-refractivity contribution in [3.63, 3.8) is 0 Å². The molecule has 0 aliphatic heterocycles. The summed E-state index contributed by atoms with van der Waals surface area (Å²) in [5.41, 5.74) is 0.669. The van der Waals surface area contributed by atoms with Gasteiger partial charge < -0.3 is 5.32 Å². The van der Waals surface area contributed by atoms with Gasteiger partial charge in [0.15, 0.2) is 0 Å². The van der Waals surface area contributed by atoms with Gasteiger partial charge in [-0.1, -0.05) is 23.2 Å². The Morgan fingerprint density at radius 3 is 2.56 bits per heavy atom. The molecule has 0 bridgehead atoms. The van der Waals surface area contributed by atoms with Gasteiger partial charge in [-0.15, -0.1) is 0 Å². The maximum absolute atomic E-state index is 12.1. The van der Waals surface area contributed by atoms with Gasteiger partial charge in [0.25, 0.3) is 0 Å². The van der Waals surface area contributed by atoms with Crippen LogP contribution in [0.15, 0.2) is 17.0 Å². The highest BCUT2D eigenvalue weighted by Crippen LogP contribution is 2.31. The molecule has 1 aliphatic rings. The molecule has 1 aromatic carbocycles. The van der Waals surface area contributed by atoms with E-state index in [4.69, 9.17) is 23.2 Å². The molecule has 0 aromatic heterocycles. The van der Waals surface area contributed by atoms with Crippen LogP contribution in [0.4, 0.5) is 0 Å². The van der Waals surface area contributed by atoms with Gasteiger partial charge in [-0.3, -0.25) is 0 Å². The number of halogens is 2. The molecule has 4 nitrogen and oxygen atoms in total. The molecule has 2 rings (SSSR count). The van der Waals surface area contributed by atoms with Crippen molar-refractivity contribution in [2.24, 2.45) is 0 Å². The summed E-state index contributed by atoms with van der Waals surface area (Å²) in [7, 11) is -1.83. The van der Waals surface area contributed by atoms with Gasteiger partial charge in [0.2, 0.25) is 10.0 Å². The fraction of sp³-hybridized carbons (Fsp3) is 0.455. The maximum Gasteiger partial charge on any atom is 0.242 e. The van der Waals surface area contributed by atoms with E-state index >= 15 is 0 Å². The molecule has 0 radical (unpaired) electrons. The molecule has 2 N–H and O–H groups in total. The zero-order chi connectivity index (χ0) is 13.3. The molecular formula is C11H14Cl2N2O2S. The Labute approximate surface area is 117 Å². The first kappa shape index (κ1) is 14.1. The van der Waals surface area contributed by atoms with Crippen LogP contribution in [-0.2, 0) is 16.6 Å². The second-order valence-corrected chi connectivity index (χ2v) is 6.80. The summed E-state index contributed by atoms with van der Waals surface area (Å²) < 4.78 is 26.9. The van der Waals surface area contributed by atoms with Gasteiger partial charge in [-0.05, 0) is 37.6 Å². The minimum absolute atomic E-state index is 0.0396. The van der Waals surface area contributed by atoms with E-state index in [-0.39, 0.29) is 16.0 Å². The minimum Gasteiger partial charge on any atom is -0.316 e. The van der Waals surface area contributed by atoms with Crippen LogP contribution in [0.3, 0.4) is 0 Å². The Bertz CT molecular complexity index is 556. The Morgan fingerprint density at radius 2 is 2.00 bits per heavy atom. The predicted octanol–water partition coefficient (Wildman–Crippen LogP) is 2.15. The van der Waals surface area contributed by atoms with Gasteiger partial charge in [0.1, 0.15) is 4.90 Å². The summed E-state index contributed by atoms with van der Waals surface area (Å²) in [5.74, 6) is 0.